The summed E-state index contributed by atoms with van der Waals surface area (Å²) in [6, 6.07) is 8.04. The summed E-state index contributed by atoms with van der Waals surface area (Å²) in [7, 11) is 4.17. The maximum absolute atomic E-state index is 12.8. The SMILES string of the molecule is CN(C)CCSc1ccccc1C(=O)NCC12CCCC(CCC1)C2.[CH2]. The van der Waals surface area contributed by atoms with Crippen LogP contribution in [-0.4, -0.2) is 43.7 Å². The zero-order valence-electron chi connectivity index (χ0n) is 16.4. The van der Waals surface area contributed by atoms with Gasteiger partial charge in [0.05, 0.1) is 5.56 Å². The first-order valence-corrected chi connectivity index (χ1v) is 10.7. The number of carbonyl (C=O) groups excluding carboxylic acids is 1. The minimum atomic E-state index is 0. The summed E-state index contributed by atoms with van der Waals surface area (Å²) in [4.78, 5) is 16.1. The van der Waals surface area contributed by atoms with E-state index in [1.54, 1.807) is 11.8 Å². The van der Waals surface area contributed by atoms with Crippen molar-refractivity contribution < 1.29 is 4.79 Å². The third-order valence-electron chi connectivity index (χ3n) is 5.91. The summed E-state index contributed by atoms with van der Waals surface area (Å²) in [5.41, 5.74) is 1.22. The van der Waals surface area contributed by atoms with Crippen LogP contribution in [0.3, 0.4) is 0 Å². The average molecular weight is 375 g/mol. The molecule has 1 aromatic carbocycles. The highest BCUT2D eigenvalue weighted by Crippen LogP contribution is 2.48. The first-order chi connectivity index (χ1) is 12.1. The van der Waals surface area contributed by atoms with Gasteiger partial charge in [0.25, 0.3) is 5.91 Å². The fourth-order valence-electron chi connectivity index (χ4n) is 4.55. The third-order valence-corrected chi connectivity index (χ3v) is 6.97. The van der Waals surface area contributed by atoms with Crippen LogP contribution in [0.1, 0.15) is 55.3 Å². The van der Waals surface area contributed by atoms with E-state index in [1.807, 2.05) is 18.2 Å². The summed E-state index contributed by atoms with van der Waals surface area (Å²) < 4.78 is 0. The van der Waals surface area contributed by atoms with Crippen molar-refractivity contribution in [2.45, 2.75) is 49.8 Å². The second-order valence-electron chi connectivity index (χ2n) is 8.19. The molecule has 0 aliphatic heterocycles. The Hall–Kier alpha value is -1.00. The van der Waals surface area contributed by atoms with Crippen LogP contribution in [0.15, 0.2) is 29.2 Å². The van der Waals surface area contributed by atoms with Gasteiger partial charge < -0.3 is 10.2 Å². The highest BCUT2D eigenvalue weighted by Gasteiger charge is 2.39. The molecule has 4 heteroatoms. The Balaban J connectivity index is 0.00000243. The molecule has 1 N–H and O–H groups in total. The zero-order chi connectivity index (χ0) is 17.7. The van der Waals surface area contributed by atoms with E-state index in [9.17, 15) is 4.79 Å². The molecule has 3 rings (SSSR count). The number of hydrogen-bond acceptors (Lipinski definition) is 3. The van der Waals surface area contributed by atoms with Crippen molar-refractivity contribution in [3.63, 3.8) is 0 Å². The molecule has 2 aliphatic carbocycles. The van der Waals surface area contributed by atoms with Crippen LogP contribution in [0.2, 0.25) is 0 Å². The minimum Gasteiger partial charge on any atom is -0.351 e. The predicted octanol–water partition coefficient (Wildman–Crippen LogP) is 4.76. The van der Waals surface area contributed by atoms with Crippen molar-refractivity contribution in [3.05, 3.63) is 37.3 Å². The zero-order valence-corrected chi connectivity index (χ0v) is 17.2. The van der Waals surface area contributed by atoms with E-state index >= 15 is 0 Å². The molecule has 1 aromatic rings. The smallest absolute Gasteiger partial charge is 0.252 e. The molecule has 1 amide bonds. The van der Waals surface area contributed by atoms with E-state index in [0.717, 1.165) is 35.2 Å². The number of benzene rings is 1. The van der Waals surface area contributed by atoms with Crippen LogP contribution in [0.4, 0.5) is 0 Å². The Morgan fingerprint density at radius 2 is 1.92 bits per heavy atom. The molecule has 3 nitrogen and oxygen atoms in total. The molecular formula is C22H34N2OS. The lowest BCUT2D eigenvalue weighted by Gasteiger charge is -2.45. The molecule has 2 fully saturated rings. The molecule has 0 heterocycles. The molecule has 0 atom stereocenters. The molecule has 144 valence electrons. The average Bonchev–Trinajstić information content (AvgIpc) is 2.60. The van der Waals surface area contributed by atoms with Gasteiger partial charge in [-0.25, -0.2) is 0 Å². The maximum atomic E-state index is 12.8. The van der Waals surface area contributed by atoms with Crippen LogP contribution in [0.5, 0.6) is 0 Å². The quantitative estimate of drug-likeness (QED) is 0.699. The standard InChI is InChI=1S/C21H32N2OS.CH2/c1-23(2)13-14-25-19-10-4-3-9-18(19)20(24)22-16-21-11-5-7-17(15-21)8-6-12-21;/h3-4,9-10,17H,5-8,11-16H2,1-2H3,(H,22,24);1H2. The molecule has 0 spiro atoms. The number of carbonyl (C=O) groups is 1. The lowest BCUT2D eigenvalue weighted by atomic mass is 9.62. The van der Waals surface area contributed by atoms with Crippen molar-refractivity contribution in [3.8, 4) is 0 Å². The topological polar surface area (TPSA) is 32.3 Å². The summed E-state index contributed by atoms with van der Waals surface area (Å²) in [6.07, 6.45) is 9.41. The first kappa shape index (κ1) is 21.3. The second-order valence-corrected chi connectivity index (χ2v) is 9.32. The van der Waals surface area contributed by atoms with E-state index in [0.29, 0.717) is 5.41 Å². The van der Waals surface area contributed by atoms with Gasteiger partial charge in [0.15, 0.2) is 0 Å². The normalized spacial score (nSPS) is 24.8. The summed E-state index contributed by atoms with van der Waals surface area (Å²) in [6.45, 7) is 1.88. The number of amides is 1. The van der Waals surface area contributed by atoms with E-state index in [1.165, 1.54) is 44.9 Å². The van der Waals surface area contributed by atoms with Gasteiger partial charge in [-0.05, 0) is 56.8 Å². The van der Waals surface area contributed by atoms with Crippen LogP contribution in [-0.2, 0) is 0 Å². The van der Waals surface area contributed by atoms with Crippen molar-refractivity contribution in [2.75, 3.05) is 32.9 Å². The number of nitrogens with zero attached hydrogens (tertiary/aromatic N) is 1. The number of rotatable bonds is 7. The molecular weight excluding hydrogens is 340 g/mol. The minimum absolute atomic E-state index is 0. The molecule has 0 aromatic heterocycles. The number of nitrogens with one attached hydrogen (secondary N) is 1. The monoisotopic (exact) mass is 374 g/mol. The summed E-state index contributed by atoms with van der Waals surface area (Å²) >= 11 is 1.78. The largest absolute Gasteiger partial charge is 0.351 e. The molecule has 2 saturated carbocycles. The number of fused-ring (bicyclic) bond motifs is 2. The van der Waals surface area contributed by atoms with Crippen LogP contribution < -0.4 is 5.32 Å². The first-order valence-electron chi connectivity index (χ1n) is 9.73. The molecule has 2 radical (unpaired) electrons. The predicted molar refractivity (Wildman–Crippen MR) is 112 cm³/mol. The summed E-state index contributed by atoms with van der Waals surface area (Å²) in [5, 5.41) is 3.29. The highest BCUT2D eigenvalue weighted by atomic mass is 32.2. The number of hydrogen-bond donors (Lipinski definition) is 1. The van der Waals surface area contributed by atoms with Crippen molar-refractivity contribution in [1.82, 2.24) is 10.2 Å². The van der Waals surface area contributed by atoms with Gasteiger partial charge in [-0.15, -0.1) is 11.8 Å². The Morgan fingerprint density at radius 3 is 2.62 bits per heavy atom. The van der Waals surface area contributed by atoms with Crippen molar-refractivity contribution in [2.24, 2.45) is 11.3 Å². The lowest BCUT2D eigenvalue weighted by molar-refractivity contribution is 0.0680. The Kier molecular flexibility index (Phi) is 8.03. The van der Waals surface area contributed by atoms with Gasteiger partial charge in [0.2, 0.25) is 0 Å². The van der Waals surface area contributed by atoms with E-state index in [-0.39, 0.29) is 13.3 Å². The van der Waals surface area contributed by atoms with E-state index < -0.39 is 0 Å². The molecule has 2 bridgehead atoms. The van der Waals surface area contributed by atoms with E-state index in [4.69, 9.17) is 0 Å². The molecule has 0 saturated heterocycles. The fourth-order valence-corrected chi connectivity index (χ4v) is 5.72. The van der Waals surface area contributed by atoms with Gasteiger partial charge in [-0.2, -0.15) is 0 Å². The van der Waals surface area contributed by atoms with Crippen molar-refractivity contribution >= 4 is 17.7 Å². The Morgan fingerprint density at radius 1 is 1.23 bits per heavy atom. The highest BCUT2D eigenvalue weighted by molar-refractivity contribution is 7.99. The lowest BCUT2D eigenvalue weighted by Crippen LogP contribution is -2.43. The maximum Gasteiger partial charge on any atom is 0.252 e. The third kappa shape index (κ3) is 5.50. The molecule has 2 aliphatic rings. The van der Waals surface area contributed by atoms with Crippen LogP contribution >= 0.6 is 11.8 Å². The van der Waals surface area contributed by atoms with Crippen LogP contribution in [0.25, 0.3) is 0 Å². The molecule has 26 heavy (non-hydrogen) atoms. The van der Waals surface area contributed by atoms with Gasteiger partial charge >= 0.3 is 0 Å². The fraction of sp³-hybridized carbons (Fsp3) is 0.636. The second kappa shape index (κ2) is 9.80. The van der Waals surface area contributed by atoms with Crippen LogP contribution in [0, 0.1) is 18.8 Å². The van der Waals surface area contributed by atoms with Gasteiger partial charge in [-0.3, -0.25) is 4.79 Å². The number of thioether (sulfide) groups is 1. The van der Waals surface area contributed by atoms with E-state index in [2.05, 4.69) is 30.4 Å². The Labute approximate surface area is 164 Å². The Bertz CT molecular complexity index is 577. The van der Waals surface area contributed by atoms with Gasteiger partial charge in [0.1, 0.15) is 0 Å². The van der Waals surface area contributed by atoms with Gasteiger partial charge in [-0.1, -0.05) is 45.2 Å². The van der Waals surface area contributed by atoms with Gasteiger partial charge in [0, 0.05) is 23.7 Å². The van der Waals surface area contributed by atoms with Crippen molar-refractivity contribution in [1.29, 1.82) is 0 Å². The molecule has 0 unspecified atom stereocenters. The summed E-state index contributed by atoms with van der Waals surface area (Å²) in [5.74, 6) is 2.02.